The van der Waals surface area contributed by atoms with Crippen LogP contribution >= 0.6 is 0 Å². The average Bonchev–Trinajstić information content (AvgIpc) is 2.37. The van der Waals surface area contributed by atoms with Crippen molar-refractivity contribution >= 4 is 11.9 Å². The molecule has 0 saturated carbocycles. The van der Waals surface area contributed by atoms with Crippen LogP contribution in [0.25, 0.3) is 0 Å². The highest BCUT2D eigenvalue weighted by Crippen LogP contribution is 2.15. The average molecular weight is 242 g/mol. The zero-order chi connectivity index (χ0) is 12.5. The summed E-state index contributed by atoms with van der Waals surface area (Å²) in [7, 11) is 1.35. The van der Waals surface area contributed by atoms with Gasteiger partial charge in [-0.2, -0.15) is 0 Å². The Morgan fingerprint density at radius 2 is 2.24 bits per heavy atom. The Bertz CT molecular complexity index is 250. The molecule has 0 aromatic carbocycles. The minimum atomic E-state index is -0.290. The quantitative estimate of drug-likeness (QED) is 0.663. The maximum absolute atomic E-state index is 11.5. The lowest BCUT2D eigenvalue weighted by Gasteiger charge is -2.22. The molecule has 1 aliphatic rings. The Morgan fingerprint density at radius 1 is 1.41 bits per heavy atom. The highest BCUT2D eigenvalue weighted by Gasteiger charge is 2.14. The zero-order valence-electron chi connectivity index (χ0n) is 10.5. The number of rotatable bonds is 6. The van der Waals surface area contributed by atoms with Gasteiger partial charge in [0.1, 0.15) is 0 Å². The van der Waals surface area contributed by atoms with E-state index in [9.17, 15) is 9.59 Å². The van der Waals surface area contributed by atoms with Crippen molar-refractivity contribution in [2.45, 2.75) is 32.1 Å². The van der Waals surface area contributed by atoms with E-state index in [1.54, 1.807) is 0 Å². The van der Waals surface area contributed by atoms with Gasteiger partial charge in [0.2, 0.25) is 5.91 Å². The van der Waals surface area contributed by atoms with Crippen molar-refractivity contribution in [3.05, 3.63) is 0 Å². The van der Waals surface area contributed by atoms with Gasteiger partial charge < -0.3 is 15.4 Å². The van der Waals surface area contributed by atoms with E-state index in [0.29, 0.717) is 18.9 Å². The van der Waals surface area contributed by atoms with Crippen LogP contribution in [0.1, 0.15) is 32.1 Å². The summed E-state index contributed by atoms with van der Waals surface area (Å²) in [6.45, 7) is 2.49. The molecule has 1 saturated heterocycles. The second kappa shape index (κ2) is 8.06. The molecular weight excluding hydrogens is 220 g/mol. The summed E-state index contributed by atoms with van der Waals surface area (Å²) >= 11 is 0. The van der Waals surface area contributed by atoms with E-state index < -0.39 is 0 Å². The lowest BCUT2D eigenvalue weighted by Crippen LogP contribution is -2.31. The minimum Gasteiger partial charge on any atom is -0.469 e. The van der Waals surface area contributed by atoms with Crippen LogP contribution in [-0.4, -0.2) is 38.6 Å². The van der Waals surface area contributed by atoms with E-state index in [-0.39, 0.29) is 18.3 Å². The first-order valence-corrected chi connectivity index (χ1v) is 6.26. The molecule has 1 amide bonds. The van der Waals surface area contributed by atoms with Gasteiger partial charge in [0.05, 0.1) is 13.5 Å². The predicted octanol–water partition coefficient (Wildman–Crippen LogP) is 0.445. The number of piperidine rings is 1. The van der Waals surface area contributed by atoms with E-state index in [1.165, 1.54) is 20.0 Å². The smallest absolute Gasteiger partial charge is 0.307 e. The number of carbonyl (C=O) groups excluding carboxylic acids is 2. The van der Waals surface area contributed by atoms with Gasteiger partial charge >= 0.3 is 5.97 Å². The first-order chi connectivity index (χ1) is 8.22. The summed E-state index contributed by atoms with van der Waals surface area (Å²) in [6.07, 6.45) is 4.13. The molecule has 0 radical (unpaired) electrons. The van der Waals surface area contributed by atoms with Crippen molar-refractivity contribution in [3.63, 3.8) is 0 Å². The molecular formula is C12H22N2O3. The van der Waals surface area contributed by atoms with Gasteiger partial charge in [0.15, 0.2) is 0 Å². The molecule has 1 aliphatic heterocycles. The molecule has 1 atom stereocenters. The maximum Gasteiger partial charge on any atom is 0.307 e. The number of ether oxygens (including phenoxy) is 1. The predicted molar refractivity (Wildman–Crippen MR) is 64.5 cm³/mol. The van der Waals surface area contributed by atoms with Crippen LogP contribution in [0.5, 0.6) is 0 Å². The van der Waals surface area contributed by atoms with E-state index in [1.807, 2.05) is 0 Å². The Hall–Kier alpha value is -1.10. The molecule has 1 rings (SSSR count). The van der Waals surface area contributed by atoms with Crippen LogP contribution in [0.3, 0.4) is 0 Å². The van der Waals surface area contributed by atoms with Gasteiger partial charge in [-0.1, -0.05) is 0 Å². The van der Waals surface area contributed by atoms with Crippen molar-refractivity contribution in [1.82, 2.24) is 10.6 Å². The fourth-order valence-corrected chi connectivity index (χ4v) is 2.00. The van der Waals surface area contributed by atoms with Crippen LogP contribution in [0.4, 0.5) is 0 Å². The first kappa shape index (κ1) is 14.0. The van der Waals surface area contributed by atoms with Crippen LogP contribution in [0.15, 0.2) is 0 Å². The van der Waals surface area contributed by atoms with Crippen LogP contribution in [0, 0.1) is 5.92 Å². The molecule has 5 heteroatoms. The van der Waals surface area contributed by atoms with Gasteiger partial charge in [-0.3, -0.25) is 9.59 Å². The SMILES string of the molecule is COC(=O)CCNC(=O)CCC1CCCNC1. The Morgan fingerprint density at radius 3 is 2.88 bits per heavy atom. The Kier molecular flexibility index (Phi) is 6.62. The Balaban J connectivity index is 2.02. The van der Waals surface area contributed by atoms with Crippen molar-refractivity contribution in [2.24, 2.45) is 5.92 Å². The van der Waals surface area contributed by atoms with E-state index in [4.69, 9.17) is 0 Å². The largest absolute Gasteiger partial charge is 0.469 e. The lowest BCUT2D eigenvalue weighted by molar-refractivity contribution is -0.140. The van der Waals surface area contributed by atoms with Gasteiger partial charge in [0, 0.05) is 13.0 Å². The van der Waals surface area contributed by atoms with Crippen molar-refractivity contribution in [1.29, 1.82) is 0 Å². The fraction of sp³-hybridized carbons (Fsp3) is 0.833. The highest BCUT2D eigenvalue weighted by molar-refractivity contribution is 5.76. The van der Waals surface area contributed by atoms with Crippen molar-refractivity contribution < 1.29 is 14.3 Å². The number of amides is 1. The minimum absolute atomic E-state index is 0.0273. The lowest BCUT2D eigenvalue weighted by atomic mass is 9.94. The number of hydrogen-bond donors (Lipinski definition) is 2. The molecule has 1 unspecified atom stereocenters. The second-order valence-corrected chi connectivity index (χ2v) is 4.43. The summed E-state index contributed by atoms with van der Waals surface area (Å²) in [6, 6.07) is 0. The molecule has 17 heavy (non-hydrogen) atoms. The van der Waals surface area contributed by atoms with Gasteiger partial charge in [-0.15, -0.1) is 0 Å². The number of nitrogens with one attached hydrogen (secondary N) is 2. The fourth-order valence-electron chi connectivity index (χ4n) is 2.00. The molecule has 0 aliphatic carbocycles. The van der Waals surface area contributed by atoms with E-state index in [0.717, 1.165) is 19.5 Å². The third-order valence-electron chi connectivity index (χ3n) is 3.06. The summed E-state index contributed by atoms with van der Waals surface area (Å²) in [5, 5.41) is 6.06. The zero-order valence-corrected chi connectivity index (χ0v) is 10.5. The van der Waals surface area contributed by atoms with Crippen molar-refractivity contribution in [3.8, 4) is 0 Å². The van der Waals surface area contributed by atoms with E-state index >= 15 is 0 Å². The number of esters is 1. The molecule has 5 nitrogen and oxygen atoms in total. The van der Waals surface area contributed by atoms with Gasteiger partial charge in [-0.25, -0.2) is 0 Å². The highest BCUT2D eigenvalue weighted by atomic mass is 16.5. The molecule has 1 fully saturated rings. The first-order valence-electron chi connectivity index (χ1n) is 6.26. The number of hydrogen-bond acceptors (Lipinski definition) is 4. The molecule has 1 heterocycles. The molecule has 0 aromatic rings. The third-order valence-corrected chi connectivity index (χ3v) is 3.06. The van der Waals surface area contributed by atoms with Gasteiger partial charge in [-0.05, 0) is 38.3 Å². The number of methoxy groups -OCH3 is 1. The van der Waals surface area contributed by atoms with Crippen molar-refractivity contribution in [2.75, 3.05) is 26.7 Å². The molecule has 98 valence electrons. The number of carbonyl (C=O) groups is 2. The summed E-state index contributed by atoms with van der Waals surface area (Å²) in [5.74, 6) is 0.358. The molecule has 0 bridgehead atoms. The molecule has 2 N–H and O–H groups in total. The van der Waals surface area contributed by atoms with Crippen LogP contribution in [0.2, 0.25) is 0 Å². The maximum atomic E-state index is 11.5. The van der Waals surface area contributed by atoms with E-state index in [2.05, 4.69) is 15.4 Å². The Labute approximate surface area is 102 Å². The van der Waals surface area contributed by atoms with Gasteiger partial charge in [0.25, 0.3) is 0 Å². The summed E-state index contributed by atoms with van der Waals surface area (Å²) in [5.41, 5.74) is 0. The summed E-state index contributed by atoms with van der Waals surface area (Å²) < 4.78 is 4.49. The van der Waals surface area contributed by atoms with Crippen LogP contribution < -0.4 is 10.6 Å². The summed E-state index contributed by atoms with van der Waals surface area (Å²) in [4.78, 5) is 22.3. The second-order valence-electron chi connectivity index (χ2n) is 4.43. The molecule has 0 spiro atoms. The third kappa shape index (κ3) is 6.26. The topological polar surface area (TPSA) is 67.4 Å². The normalized spacial score (nSPS) is 19.7. The standard InChI is InChI=1S/C12H22N2O3/c1-17-12(16)6-8-14-11(15)5-4-10-3-2-7-13-9-10/h10,13H,2-9H2,1H3,(H,14,15). The molecule has 0 aromatic heterocycles. The monoisotopic (exact) mass is 242 g/mol. The van der Waals surface area contributed by atoms with Crippen LogP contribution in [-0.2, 0) is 14.3 Å².